The van der Waals surface area contributed by atoms with Gasteiger partial charge in [-0.25, -0.2) is 9.37 Å². The molecule has 34 heavy (non-hydrogen) atoms. The summed E-state index contributed by atoms with van der Waals surface area (Å²) in [7, 11) is 0. The van der Waals surface area contributed by atoms with Gasteiger partial charge in [0.15, 0.2) is 5.82 Å². The molecule has 0 fully saturated rings. The van der Waals surface area contributed by atoms with E-state index in [0.29, 0.717) is 33.8 Å². The van der Waals surface area contributed by atoms with Crippen molar-refractivity contribution in [3.63, 3.8) is 0 Å². The van der Waals surface area contributed by atoms with E-state index in [1.165, 1.54) is 12.3 Å². The van der Waals surface area contributed by atoms with Gasteiger partial charge in [-0.1, -0.05) is 6.58 Å². The van der Waals surface area contributed by atoms with Crippen LogP contribution in [0.5, 0.6) is 0 Å². The molecule has 0 spiro atoms. The lowest BCUT2D eigenvalue weighted by molar-refractivity contribution is 0.633. The Morgan fingerprint density at radius 1 is 1.09 bits per heavy atom. The molecule has 5 aromatic heterocycles. The minimum absolute atomic E-state index is 0.388. The van der Waals surface area contributed by atoms with Crippen molar-refractivity contribution in [1.82, 2.24) is 30.1 Å². The number of H-pyrrole nitrogens is 2. The van der Waals surface area contributed by atoms with Crippen molar-refractivity contribution in [1.29, 1.82) is 0 Å². The Labute approximate surface area is 197 Å². The van der Waals surface area contributed by atoms with Crippen molar-refractivity contribution in [2.45, 2.75) is 6.92 Å². The predicted molar refractivity (Wildman–Crippen MR) is 135 cm³/mol. The molecule has 0 radical (unpaired) electrons. The Bertz CT molecular complexity index is 1730. The zero-order chi connectivity index (χ0) is 23.4. The normalized spacial score (nSPS) is 11.5. The number of nitrogen functional groups attached to an aromatic ring is 1. The molecule has 0 bridgehead atoms. The van der Waals surface area contributed by atoms with Crippen LogP contribution in [0.15, 0.2) is 61.6 Å². The number of nitrogens with two attached hydrogens (primary N) is 1. The van der Waals surface area contributed by atoms with Crippen molar-refractivity contribution in [2.24, 2.45) is 0 Å². The molecule has 1 aromatic carbocycles. The van der Waals surface area contributed by atoms with E-state index in [0.717, 1.165) is 37.4 Å². The second-order valence-corrected chi connectivity index (χ2v) is 9.13. The van der Waals surface area contributed by atoms with Crippen LogP contribution in [-0.2, 0) is 0 Å². The van der Waals surface area contributed by atoms with E-state index >= 15 is 0 Å². The number of aromatic amines is 2. The van der Waals surface area contributed by atoms with Crippen LogP contribution in [0.4, 0.5) is 10.1 Å². The predicted octanol–water partition coefficient (Wildman–Crippen LogP) is 6.05. The van der Waals surface area contributed by atoms with Crippen LogP contribution >= 0.6 is 11.3 Å². The Morgan fingerprint density at radius 3 is 2.76 bits per heavy atom. The first-order chi connectivity index (χ1) is 16.5. The van der Waals surface area contributed by atoms with Gasteiger partial charge in [-0.2, -0.15) is 5.10 Å². The standard InChI is InChI=1S/C25H18FN7S/c1-12(2)20-3-4-21(34-20)24-23-18(5-6-29-24)30-25(31-23)22-16-8-15(13-7-14(27)11-28-10-13)17(26)9-19(16)32-33-22/h3-11H,1,27H2,2H3,(H,30,31)(H,32,33). The highest BCUT2D eigenvalue weighted by atomic mass is 32.1. The van der Waals surface area contributed by atoms with Crippen LogP contribution in [0.3, 0.4) is 0 Å². The van der Waals surface area contributed by atoms with Gasteiger partial charge in [0.05, 0.1) is 21.6 Å². The lowest BCUT2D eigenvalue weighted by atomic mass is 10.0. The van der Waals surface area contributed by atoms with Crippen LogP contribution < -0.4 is 5.73 Å². The lowest BCUT2D eigenvalue weighted by Gasteiger charge is -2.05. The molecule has 5 heterocycles. The minimum Gasteiger partial charge on any atom is -0.397 e. The minimum atomic E-state index is -0.391. The number of pyridine rings is 2. The number of nitrogens with zero attached hydrogens (tertiary/aromatic N) is 4. The highest BCUT2D eigenvalue weighted by Gasteiger charge is 2.19. The number of imidazole rings is 1. The Morgan fingerprint density at radius 2 is 1.97 bits per heavy atom. The zero-order valence-electron chi connectivity index (χ0n) is 18.1. The summed E-state index contributed by atoms with van der Waals surface area (Å²) in [5.41, 5.74) is 11.8. The number of nitrogens with one attached hydrogen (secondary N) is 2. The SMILES string of the molecule is C=C(C)c1ccc(-c2nccc3[nH]c(-c4n[nH]c5cc(F)c(-c6cncc(N)c6)cc45)nc23)s1. The van der Waals surface area contributed by atoms with Crippen molar-refractivity contribution < 1.29 is 4.39 Å². The van der Waals surface area contributed by atoms with Crippen LogP contribution in [0.2, 0.25) is 0 Å². The molecule has 0 aliphatic rings. The summed E-state index contributed by atoms with van der Waals surface area (Å²) in [5, 5.41) is 8.07. The molecule has 6 rings (SSSR count). The number of aromatic nitrogens is 6. The number of halogens is 1. The Kier molecular flexibility index (Phi) is 4.53. The molecule has 0 amide bonds. The average molecular weight is 468 g/mol. The van der Waals surface area contributed by atoms with Gasteiger partial charge in [-0.15, -0.1) is 11.3 Å². The number of allylic oxidation sites excluding steroid dienone is 1. The number of rotatable bonds is 4. The maximum atomic E-state index is 14.9. The van der Waals surface area contributed by atoms with E-state index in [-0.39, 0.29) is 0 Å². The molecule has 4 N–H and O–H groups in total. The van der Waals surface area contributed by atoms with E-state index in [1.54, 1.807) is 35.9 Å². The molecule has 166 valence electrons. The molecule has 0 saturated heterocycles. The van der Waals surface area contributed by atoms with E-state index in [1.807, 2.05) is 25.1 Å². The Hall–Kier alpha value is -4.37. The second kappa shape index (κ2) is 7.60. The first-order valence-corrected chi connectivity index (χ1v) is 11.3. The van der Waals surface area contributed by atoms with Gasteiger partial charge >= 0.3 is 0 Å². The highest BCUT2D eigenvalue weighted by Crippen LogP contribution is 2.36. The first kappa shape index (κ1) is 20.3. The fourth-order valence-electron chi connectivity index (χ4n) is 3.97. The largest absolute Gasteiger partial charge is 0.397 e. The van der Waals surface area contributed by atoms with Gasteiger partial charge in [-0.05, 0) is 42.8 Å². The first-order valence-electron chi connectivity index (χ1n) is 10.5. The number of benzene rings is 1. The molecule has 0 aliphatic carbocycles. The molecule has 0 unspecified atom stereocenters. The summed E-state index contributed by atoms with van der Waals surface area (Å²) in [6.45, 7) is 6.00. The summed E-state index contributed by atoms with van der Waals surface area (Å²) in [6, 6.07) is 10.8. The van der Waals surface area contributed by atoms with E-state index in [9.17, 15) is 4.39 Å². The molecule has 6 aromatic rings. The third-order valence-electron chi connectivity index (χ3n) is 5.61. The molecular formula is C25H18FN7S. The van der Waals surface area contributed by atoms with Crippen LogP contribution in [0, 0.1) is 5.82 Å². The van der Waals surface area contributed by atoms with Gasteiger partial charge in [0.2, 0.25) is 0 Å². The fraction of sp³-hybridized carbons (Fsp3) is 0.0400. The van der Waals surface area contributed by atoms with E-state index in [2.05, 4.69) is 31.7 Å². The molecule has 9 heteroatoms. The third kappa shape index (κ3) is 3.25. The van der Waals surface area contributed by atoms with Crippen molar-refractivity contribution in [2.75, 3.05) is 5.73 Å². The molecule has 0 saturated carbocycles. The third-order valence-corrected chi connectivity index (χ3v) is 6.86. The number of fused-ring (bicyclic) bond motifs is 2. The molecule has 0 atom stereocenters. The number of hydrogen-bond acceptors (Lipinski definition) is 6. The van der Waals surface area contributed by atoms with Gasteiger partial charge in [-0.3, -0.25) is 15.1 Å². The van der Waals surface area contributed by atoms with Crippen molar-refractivity contribution in [3.05, 3.63) is 72.3 Å². The zero-order valence-corrected chi connectivity index (χ0v) is 18.9. The Balaban J connectivity index is 1.50. The summed E-state index contributed by atoms with van der Waals surface area (Å²) in [4.78, 5) is 19.0. The van der Waals surface area contributed by atoms with Crippen LogP contribution in [0.1, 0.15) is 11.8 Å². The fourth-order valence-corrected chi connectivity index (χ4v) is 4.90. The van der Waals surface area contributed by atoms with Gasteiger partial charge in [0, 0.05) is 46.0 Å². The average Bonchev–Trinajstić information content (AvgIpc) is 3.55. The highest BCUT2D eigenvalue weighted by molar-refractivity contribution is 7.16. The molecule has 7 nitrogen and oxygen atoms in total. The second-order valence-electron chi connectivity index (χ2n) is 8.04. The number of anilines is 1. The lowest BCUT2D eigenvalue weighted by Crippen LogP contribution is -1.90. The topological polar surface area (TPSA) is 109 Å². The van der Waals surface area contributed by atoms with Gasteiger partial charge in [0.1, 0.15) is 22.7 Å². The van der Waals surface area contributed by atoms with Gasteiger partial charge < -0.3 is 10.7 Å². The molecule has 0 aliphatic heterocycles. The van der Waals surface area contributed by atoms with Crippen molar-refractivity contribution >= 4 is 44.5 Å². The van der Waals surface area contributed by atoms with Crippen LogP contribution in [0.25, 0.3) is 60.7 Å². The summed E-state index contributed by atoms with van der Waals surface area (Å²) >= 11 is 1.62. The summed E-state index contributed by atoms with van der Waals surface area (Å²) in [6.07, 6.45) is 4.86. The quantitative estimate of drug-likeness (QED) is 0.293. The van der Waals surface area contributed by atoms with E-state index in [4.69, 9.17) is 10.7 Å². The maximum absolute atomic E-state index is 14.9. The maximum Gasteiger partial charge on any atom is 0.159 e. The number of thiophene rings is 1. The summed E-state index contributed by atoms with van der Waals surface area (Å²) in [5.74, 6) is 0.174. The summed E-state index contributed by atoms with van der Waals surface area (Å²) < 4.78 is 14.9. The van der Waals surface area contributed by atoms with Crippen molar-refractivity contribution in [3.8, 4) is 33.2 Å². The smallest absolute Gasteiger partial charge is 0.159 e. The monoisotopic (exact) mass is 467 g/mol. The van der Waals surface area contributed by atoms with Gasteiger partial charge in [0.25, 0.3) is 0 Å². The van der Waals surface area contributed by atoms with E-state index < -0.39 is 5.82 Å². The number of hydrogen-bond donors (Lipinski definition) is 3. The molecular weight excluding hydrogens is 449 g/mol. The van der Waals surface area contributed by atoms with Crippen LogP contribution in [-0.4, -0.2) is 30.1 Å².